The van der Waals surface area contributed by atoms with Gasteiger partial charge in [-0.1, -0.05) is 388 Å². The first-order valence-electron chi connectivity index (χ1n) is 52.0. The van der Waals surface area contributed by atoms with Crippen molar-refractivity contribution in [3.05, 3.63) is 142 Å². The molecule has 12 bridgehead atoms. The minimum Gasteiger partial charge on any atom is -0.498 e. The second kappa shape index (κ2) is 70.3. The summed E-state index contributed by atoms with van der Waals surface area (Å²) in [4.78, 5) is 0. The number of benzene rings is 5. The maximum absolute atomic E-state index is 6.95. The molecule has 12 nitrogen and oxygen atoms in total. The summed E-state index contributed by atoms with van der Waals surface area (Å²) in [5.41, 5.74) is 9.87. The van der Waals surface area contributed by atoms with E-state index in [0.29, 0.717) is 65.3 Å². The van der Waals surface area contributed by atoms with E-state index in [0.717, 1.165) is 167 Å². The fourth-order valence-corrected chi connectivity index (χ4v) is 17.4. The predicted molar refractivity (Wildman–Crippen MR) is 523 cm³/mol. The van der Waals surface area contributed by atoms with E-state index < -0.39 is 0 Å². The number of nitrogens with zero attached hydrogens (tertiary/aromatic N) is 6. The zero-order chi connectivity index (χ0) is 86.4. The number of rotatable bonds is 72. The van der Waals surface area contributed by atoms with Crippen molar-refractivity contribution in [1.82, 2.24) is 0 Å². The molecule has 0 amide bonds. The number of hydrogen-bond acceptors (Lipinski definition) is 12. The Balaban J connectivity index is 1.28. The Morgan fingerprint density at radius 1 is 0.203 bits per heavy atom. The molecule has 7 rings (SSSR count). The molecule has 5 aromatic carbocycles. The molecule has 0 saturated heterocycles. The summed E-state index contributed by atoms with van der Waals surface area (Å²) in [5.74, 6) is 5.27. The Morgan fingerprint density at radius 2 is 0.398 bits per heavy atom. The molecule has 0 spiro atoms. The van der Waals surface area contributed by atoms with E-state index in [1.165, 1.54) is 315 Å². The number of allylic oxidation sites excluding steroid dienone is 4. The van der Waals surface area contributed by atoms with Crippen molar-refractivity contribution in [3.63, 3.8) is 0 Å². The van der Waals surface area contributed by atoms with Crippen molar-refractivity contribution in [2.24, 2.45) is 36.6 Å². The van der Waals surface area contributed by atoms with Gasteiger partial charge in [0.25, 0.3) is 0 Å². The molecule has 12 heteroatoms. The third-order valence-corrected chi connectivity index (χ3v) is 25.1. The average Bonchev–Trinajstić information content (AvgIpc) is 0.864. The van der Waals surface area contributed by atoms with Crippen LogP contribution in [0.15, 0.2) is 145 Å². The molecule has 0 N–H and O–H groups in total. The number of ether oxygens (including phenoxy) is 6. The molecule has 1 aliphatic heterocycles. The van der Waals surface area contributed by atoms with Gasteiger partial charge in [0, 0.05) is 47.4 Å². The van der Waals surface area contributed by atoms with Gasteiger partial charge in [0.1, 0.15) is 28.7 Å². The van der Waals surface area contributed by atoms with Crippen LogP contribution in [0.2, 0.25) is 0 Å². The molecule has 0 saturated carbocycles. The maximum atomic E-state index is 6.95. The number of hydrogen-bond donors (Lipinski definition) is 0. The lowest BCUT2D eigenvalue weighted by atomic mass is 9.89. The van der Waals surface area contributed by atoms with E-state index >= 15 is 0 Å². The quantitative estimate of drug-likeness (QED) is 0.0357. The van der Waals surface area contributed by atoms with Crippen LogP contribution < -0.4 is 23.7 Å². The minimum absolute atomic E-state index is 0.0282. The van der Waals surface area contributed by atoms with Crippen molar-refractivity contribution < 1.29 is 28.4 Å². The predicted octanol–water partition coefficient (Wildman–Crippen LogP) is 37.6. The van der Waals surface area contributed by atoms with Gasteiger partial charge in [0.2, 0.25) is 0 Å². The number of fused-ring (bicyclic) bond motifs is 12. The third-order valence-electron chi connectivity index (χ3n) is 25.1. The summed E-state index contributed by atoms with van der Waals surface area (Å²) >= 11 is 0. The lowest BCUT2D eigenvalue weighted by Crippen LogP contribution is -2.15. The summed E-state index contributed by atoms with van der Waals surface area (Å²) in [6.07, 6.45) is 82.9. The van der Waals surface area contributed by atoms with Crippen molar-refractivity contribution in [1.29, 1.82) is 0 Å². The summed E-state index contributed by atoms with van der Waals surface area (Å²) < 4.78 is 41.4. The van der Waals surface area contributed by atoms with Gasteiger partial charge in [-0.25, -0.2) is 0 Å². The van der Waals surface area contributed by atoms with Gasteiger partial charge in [-0.3, -0.25) is 0 Å². The fourth-order valence-electron chi connectivity index (χ4n) is 17.4. The first-order chi connectivity index (χ1) is 60.9. The third kappa shape index (κ3) is 47.5. The Hall–Kier alpha value is -6.82. The highest BCUT2D eigenvalue weighted by Gasteiger charge is 2.25. The Labute approximate surface area is 752 Å². The highest BCUT2D eigenvalue weighted by Crippen LogP contribution is 2.40. The van der Waals surface area contributed by atoms with Gasteiger partial charge in [0.15, 0.2) is 0 Å². The molecule has 123 heavy (non-hydrogen) atoms. The number of azo groups is 3. The van der Waals surface area contributed by atoms with E-state index in [1.807, 2.05) is 0 Å². The molecule has 2 aliphatic rings. The van der Waals surface area contributed by atoms with Crippen molar-refractivity contribution in [2.45, 2.75) is 452 Å². The van der Waals surface area contributed by atoms with E-state index in [-0.39, 0.29) is 5.92 Å². The van der Waals surface area contributed by atoms with Crippen LogP contribution in [0, 0.1) is 5.92 Å². The SMILES string of the molecule is CCCCCCCCCCCCOC1=CC=C2CC1Cc1cc(ccc1OCCCCCCCCCCCC)N=Nc1ccc(OCCCCCCCCCCCC)c(c1)Cc1cc(ccc1OCCCCCCCCCCCC)N=Nc1ccc(OCCCCCCCCCCCC)c(c1)Cc1cc(ccc1OCCCCCCCCCCCC)N=N2. The lowest BCUT2D eigenvalue weighted by Gasteiger charge is -2.25. The first-order valence-corrected chi connectivity index (χ1v) is 52.0. The smallest absolute Gasteiger partial charge is 0.122 e. The van der Waals surface area contributed by atoms with Gasteiger partial charge < -0.3 is 28.4 Å². The largest absolute Gasteiger partial charge is 0.498 e. The standard InChI is InChI=1S/C111H176N6O6/c1-7-13-19-25-31-37-43-49-55-61-79-118-106-73-67-100-88-94(106)85-95-89-101(68-74-107(95)119-80-62-56-50-44-38-32-26-20-14-8-2)114-115-103-70-76-109(121-82-64-58-52-46-40-34-28-22-16-10-4)98(91-103)87-99-93-105(72-78-111(99)123-84-66-60-54-48-42-36-30-24-18-12-6)117-116-104-71-77-110(122-83-65-59-53-47-41-35-29-23-17-11-5)97(92-104)86-96-90-102(113-112-100)69-75-108(96)120-81-63-57-51-45-39-33-27-21-15-9-3/h67-78,88-92,99H,7-66,79-87,93H2,1-6H3. The monoisotopic (exact) mass is 1690 g/mol. The van der Waals surface area contributed by atoms with E-state index in [1.54, 1.807) is 0 Å². The normalized spacial score (nSPS) is 13.4. The average molecular weight is 1690 g/mol. The fraction of sp³-hybridized carbons (Fsp3) is 0.694. The topological polar surface area (TPSA) is 130 Å². The van der Waals surface area contributed by atoms with E-state index in [4.69, 9.17) is 59.1 Å². The van der Waals surface area contributed by atoms with Gasteiger partial charge in [-0.15, -0.1) is 0 Å². The highest BCUT2D eigenvalue weighted by atomic mass is 16.5. The molecular formula is C111H176N6O6. The highest BCUT2D eigenvalue weighted by molar-refractivity contribution is 5.57. The van der Waals surface area contributed by atoms with Crippen LogP contribution in [0.3, 0.4) is 0 Å². The summed E-state index contributed by atoms with van der Waals surface area (Å²) in [5, 5.41) is 30.7. The molecule has 1 unspecified atom stereocenters. The van der Waals surface area contributed by atoms with Crippen LogP contribution in [-0.2, 0) is 24.0 Å². The van der Waals surface area contributed by atoms with Gasteiger partial charge in [0.05, 0.1) is 79.5 Å². The van der Waals surface area contributed by atoms with Crippen molar-refractivity contribution in [2.75, 3.05) is 39.6 Å². The lowest BCUT2D eigenvalue weighted by molar-refractivity contribution is 0.168. The Bertz CT molecular complexity index is 3630. The van der Waals surface area contributed by atoms with Crippen molar-refractivity contribution in [3.8, 4) is 28.7 Å². The van der Waals surface area contributed by atoms with Crippen LogP contribution in [0.1, 0.15) is 461 Å². The zero-order valence-electron chi connectivity index (χ0n) is 79.5. The summed E-state index contributed by atoms with van der Waals surface area (Å²) in [6.45, 7) is 17.7. The van der Waals surface area contributed by atoms with E-state index in [9.17, 15) is 0 Å². The van der Waals surface area contributed by atoms with Crippen LogP contribution in [0.5, 0.6) is 28.7 Å². The molecule has 5 aromatic rings. The maximum Gasteiger partial charge on any atom is 0.122 e. The van der Waals surface area contributed by atoms with Crippen molar-refractivity contribution >= 4 is 28.4 Å². The summed E-state index contributed by atoms with van der Waals surface area (Å²) in [6, 6.07) is 31.8. The van der Waals surface area contributed by atoms with E-state index in [2.05, 4.69) is 145 Å². The second-order valence-corrected chi connectivity index (χ2v) is 36.4. The number of unbranched alkanes of at least 4 members (excludes halogenated alkanes) is 54. The molecule has 1 aliphatic carbocycles. The van der Waals surface area contributed by atoms with Crippen LogP contribution in [0.4, 0.5) is 28.4 Å². The van der Waals surface area contributed by atoms with Crippen LogP contribution in [0.25, 0.3) is 0 Å². The molecule has 0 fully saturated rings. The molecule has 0 radical (unpaired) electrons. The minimum atomic E-state index is -0.0282. The second-order valence-electron chi connectivity index (χ2n) is 36.4. The zero-order valence-corrected chi connectivity index (χ0v) is 79.5. The molecule has 0 aromatic heterocycles. The van der Waals surface area contributed by atoms with Gasteiger partial charge in [-0.2, -0.15) is 30.7 Å². The van der Waals surface area contributed by atoms with Crippen LogP contribution >= 0.6 is 0 Å². The van der Waals surface area contributed by atoms with Gasteiger partial charge >= 0.3 is 0 Å². The van der Waals surface area contributed by atoms with Gasteiger partial charge in [-0.05, 0) is 154 Å². The molecule has 686 valence electrons. The molecule has 1 atom stereocenters. The molecule has 1 heterocycles. The molecular weight excluding hydrogens is 1510 g/mol. The first kappa shape index (κ1) is 103. The Morgan fingerprint density at radius 3 is 0.634 bits per heavy atom. The van der Waals surface area contributed by atoms with Crippen LogP contribution in [-0.4, -0.2) is 39.6 Å². The Kier molecular flexibility index (Phi) is 59.0. The summed E-state index contributed by atoms with van der Waals surface area (Å²) in [7, 11) is 0.